The van der Waals surface area contributed by atoms with Gasteiger partial charge in [-0.3, -0.25) is 14.3 Å². The Morgan fingerprint density at radius 2 is 1.92 bits per heavy atom. The number of pyridine rings is 1. The average Bonchev–Trinajstić information content (AvgIpc) is 3.23. The number of nitrogens with zero attached hydrogens (tertiary/aromatic N) is 5. The first-order chi connectivity index (χ1) is 12.2. The summed E-state index contributed by atoms with van der Waals surface area (Å²) in [6.45, 7) is 10.5. The lowest BCUT2D eigenvalue weighted by atomic mass is 10.2. The molecule has 0 saturated carbocycles. The summed E-state index contributed by atoms with van der Waals surface area (Å²) in [5.74, 6) is -0.362. The molecule has 3 rings (SSSR count). The van der Waals surface area contributed by atoms with E-state index in [-0.39, 0.29) is 5.97 Å². The highest BCUT2D eigenvalue weighted by atomic mass is 16.5. The molecule has 0 radical (unpaired) electrons. The summed E-state index contributed by atoms with van der Waals surface area (Å²) in [7, 11) is 1.78. The van der Waals surface area contributed by atoms with Crippen LogP contribution in [0.3, 0.4) is 0 Å². The molecule has 0 aliphatic carbocycles. The minimum Gasteiger partial charge on any atom is -0.462 e. The number of carbonyl (C=O) groups is 1. The molecule has 3 aromatic rings. The lowest BCUT2D eigenvalue weighted by molar-refractivity contribution is 0.0525. The first-order valence-electron chi connectivity index (χ1n) is 8.64. The number of rotatable bonds is 4. The molecule has 0 aliphatic heterocycles. The molecule has 0 aromatic carbocycles. The third-order valence-electron chi connectivity index (χ3n) is 3.14. The molecule has 0 amide bonds. The van der Waals surface area contributed by atoms with Crippen molar-refractivity contribution in [2.24, 2.45) is 7.05 Å². The Labute approximate surface area is 148 Å². The fourth-order valence-electron chi connectivity index (χ4n) is 2.23. The number of carbonyl (C=O) groups excluding carboxylic acids is 1. The minimum absolute atomic E-state index is 0.337. The molecular formula is C18H27N5O2. The molecule has 0 N–H and O–H groups in total. The molecule has 7 heteroatoms. The van der Waals surface area contributed by atoms with E-state index in [1.165, 1.54) is 0 Å². The van der Waals surface area contributed by atoms with E-state index in [0.717, 1.165) is 10.9 Å². The maximum atomic E-state index is 12.0. The zero-order chi connectivity index (χ0) is 18.8. The van der Waals surface area contributed by atoms with Gasteiger partial charge < -0.3 is 4.74 Å². The largest absolute Gasteiger partial charge is 0.462 e. The van der Waals surface area contributed by atoms with Gasteiger partial charge in [-0.2, -0.15) is 10.2 Å². The number of fused-ring (bicyclic) bond motifs is 1. The van der Waals surface area contributed by atoms with E-state index in [9.17, 15) is 4.79 Å². The maximum Gasteiger partial charge on any atom is 0.341 e. The van der Waals surface area contributed by atoms with Gasteiger partial charge in [-0.25, -0.2) is 4.79 Å². The van der Waals surface area contributed by atoms with Crippen LogP contribution < -0.4 is 0 Å². The minimum atomic E-state index is -0.362. The number of aromatic nitrogens is 5. The third kappa shape index (κ3) is 4.89. The predicted molar refractivity (Wildman–Crippen MR) is 98.5 cm³/mol. The number of ether oxygens (including phenoxy) is 1. The summed E-state index contributed by atoms with van der Waals surface area (Å²) >= 11 is 0. The third-order valence-corrected chi connectivity index (χ3v) is 3.14. The topological polar surface area (TPSA) is 74.8 Å². The second-order valence-electron chi connectivity index (χ2n) is 4.62. The van der Waals surface area contributed by atoms with Crippen LogP contribution in [-0.4, -0.2) is 37.1 Å². The van der Waals surface area contributed by atoms with Crippen molar-refractivity contribution >= 4 is 16.9 Å². The molecule has 25 heavy (non-hydrogen) atoms. The van der Waals surface area contributed by atoms with Crippen molar-refractivity contribution in [2.45, 2.75) is 41.2 Å². The van der Waals surface area contributed by atoms with Crippen molar-refractivity contribution in [1.82, 2.24) is 24.5 Å². The maximum absolute atomic E-state index is 12.0. The zero-order valence-electron chi connectivity index (χ0n) is 15.9. The van der Waals surface area contributed by atoms with Crippen molar-refractivity contribution in [1.29, 1.82) is 0 Å². The second-order valence-corrected chi connectivity index (χ2v) is 4.62. The van der Waals surface area contributed by atoms with E-state index in [0.29, 0.717) is 24.4 Å². The number of aryl methyl sites for hydroxylation is 1. The highest BCUT2D eigenvalue weighted by Crippen LogP contribution is 2.15. The summed E-state index contributed by atoms with van der Waals surface area (Å²) in [4.78, 5) is 16.0. The lowest BCUT2D eigenvalue weighted by Crippen LogP contribution is -2.10. The fraction of sp³-hybridized carbons (Fsp3) is 0.444. The molecule has 3 heterocycles. The predicted octanol–water partition coefficient (Wildman–Crippen LogP) is 3.44. The lowest BCUT2D eigenvalue weighted by Gasteiger charge is -2.04. The van der Waals surface area contributed by atoms with E-state index in [4.69, 9.17) is 4.74 Å². The summed E-state index contributed by atoms with van der Waals surface area (Å²) in [6, 6.07) is 1.88. The van der Waals surface area contributed by atoms with Crippen LogP contribution in [0.4, 0.5) is 0 Å². The monoisotopic (exact) mass is 345 g/mol. The van der Waals surface area contributed by atoms with Gasteiger partial charge in [0.15, 0.2) is 0 Å². The van der Waals surface area contributed by atoms with Crippen LogP contribution in [0.5, 0.6) is 0 Å². The number of hydrogen-bond donors (Lipinski definition) is 0. The molecule has 0 atom stereocenters. The quantitative estimate of drug-likeness (QED) is 0.677. The SMILES string of the molecule is CC.CC.CCOC(=O)c1cn(C)nc1Cn1ncc2cnccc21. The van der Waals surface area contributed by atoms with Gasteiger partial charge in [0.05, 0.1) is 30.6 Å². The Balaban J connectivity index is 0.000000730. The van der Waals surface area contributed by atoms with Crippen LogP contribution >= 0.6 is 0 Å². The van der Waals surface area contributed by atoms with E-state index in [1.54, 1.807) is 48.1 Å². The molecule has 0 bridgehead atoms. The molecule has 0 spiro atoms. The Kier molecular flexibility index (Phi) is 8.32. The van der Waals surface area contributed by atoms with Crippen LogP contribution in [0.25, 0.3) is 10.9 Å². The Hall–Kier alpha value is -2.70. The van der Waals surface area contributed by atoms with Crippen LogP contribution in [-0.2, 0) is 18.3 Å². The van der Waals surface area contributed by atoms with Gasteiger partial charge in [-0.05, 0) is 13.0 Å². The van der Waals surface area contributed by atoms with E-state index in [2.05, 4.69) is 15.2 Å². The smallest absolute Gasteiger partial charge is 0.341 e. The summed E-state index contributed by atoms with van der Waals surface area (Å²) in [6.07, 6.45) is 6.88. The van der Waals surface area contributed by atoms with Gasteiger partial charge >= 0.3 is 5.97 Å². The van der Waals surface area contributed by atoms with Crippen LogP contribution in [0.1, 0.15) is 50.7 Å². The molecule has 3 aromatic heterocycles. The standard InChI is InChI=1S/C14H15N5O2.2C2H6/c1-3-21-14(20)11-8-18(2)17-12(11)9-19-13-4-5-15-6-10(13)7-16-19;2*1-2/h4-8H,3,9H2,1-2H3;2*1-2H3. The first-order valence-corrected chi connectivity index (χ1v) is 8.64. The highest BCUT2D eigenvalue weighted by Gasteiger charge is 2.18. The van der Waals surface area contributed by atoms with Crippen molar-refractivity contribution in [3.63, 3.8) is 0 Å². The average molecular weight is 345 g/mol. The van der Waals surface area contributed by atoms with Crippen molar-refractivity contribution in [3.8, 4) is 0 Å². The molecule has 0 saturated heterocycles. The zero-order valence-corrected chi connectivity index (χ0v) is 15.9. The van der Waals surface area contributed by atoms with E-state index in [1.807, 2.05) is 33.8 Å². The van der Waals surface area contributed by atoms with Crippen LogP contribution in [0, 0.1) is 0 Å². The Morgan fingerprint density at radius 1 is 1.20 bits per heavy atom. The molecule has 0 aliphatic rings. The van der Waals surface area contributed by atoms with Crippen molar-refractivity contribution in [3.05, 3.63) is 42.1 Å². The highest BCUT2D eigenvalue weighted by molar-refractivity contribution is 5.90. The van der Waals surface area contributed by atoms with Crippen LogP contribution in [0.2, 0.25) is 0 Å². The Morgan fingerprint density at radius 3 is 2.60 bits per heavy atom. The second kappa shape index (κ2) is 10.2. The molecule has 136 valence electrons. The first kappa shape index (κ1) is 20.3. The van der Waals surface area contributed by atoms with E-state index >= 15 is 0 Å². The van der Waals surface area contributed by atoms with Crippen LogP contribution in [0.15, 0.2) is 30.9 Å². The molecule has 0 fully saturated rings. The number of esters is 1. The Bertz CT molecular complexity index is 792. The molecular weight excluding hydrogens is 318 g/mol. The van der Waals surface area contributed by atoms with Gasteiger partial charge in [0, 0.05) is 31.0 Å². The van der Waals surface area contributed by atoms with E-state index < -0.39 is 0 Å². The molecule has 7 nitrogen and oxygen atoms in total. The van der Waals surface area contributed by atoms with Gasteiger partial charge in [0.1, 0.15) is 5.56 Å². The molecule has 0 unspecified atom stereocenters. The normalized spacial score (nSPS) is 9.68. The summed E-state index contributed by atoms with van der Waals surface area (Å²) in [5, 5.41) is 9.61. The fourth-order valence-corrected chi connectivity index (χ4v) is 2.23. The van der Waals surface area contributed by atoms with Gasteiger partial charge in [-0.15, -0.1) is 0 Å². The van der Waals surface area contributed by atoms with Crippen molar-refractivity contribution in [2.75, 3.05) is 6.61 Å². The number of hydrogen-bond acceptors (Lipinski definition) is 5. The van der Waals surface area contributed by atoms with Gasteiger partial charge in [0.2, 0.25) is 0 Å². The summed E-state index contributed by atoms with van der Waals surface area (Å²) in [5.41, 5.74) is 2.06. The van der Waals surface area contributed by atoms with Gasteiger partial charge in [0.25, 0.3) is 0 Å². The summed E-state index contributed by atoms with van der Waals surface area (Å²) < 4.78 is 8.46. The van der Waals surface area contributed by atoms with Crippen molar-refractivity contribution < 1.29 is 9.53 Å². The van der Waals surface area contributed by atoms with Gasteiger partial charge in [-0.1, -0.05) is 27.7 Å².